The fourth-order valence-corrected chi connectivity index (χ4v) is 3.75. The molecule has 0 aliphatic carbocycles. The SMILES string of the molecule is CCN(C(=O)CN(C)Cc1nc2ccccc2s1)c1ccccc1. The van der Waals surface area contributed by atoms with Gasteiger partial charge < -0.3 is 4.90 Å². The number of aromatic nitrogens is 1. The smallest absolute Gasteiger partial charge is 0.241 e. The van der Waals surface area contributed by atoms with Gasteiger partial charge in [-0.2, -0.15) is 0 Å². The maximum absolute atomic E-state index is 12.6. The fraction of sp³-hybridized carbons (Fsp3) is 0.263. The van der Waals surface area contributed by atoms with Crippen molar-refractivity contribution in [3.05, 3.63) is 59.6 Å². The van der Waals surface area contributed by atoms with Gasteiger partial charge in [-0.15, -0.1) is 11.3 Å². The van der Waals surface area contributed by atoms with Crippen LogP contribution in [0.25, 0.3) is 10.2 Å². The lowest BCUT2D eigenvalue weighted by atomic mass is 10.3. The molecule has 3 aromatic rings. The van der Waals surface area contributed by atoms with Gasteiger partial charge >= 0.3 is 0 Å². The Kier molecular flexibility index (Phi) is 5.23. The van der Waals surface area contributed by atoms with Crippen LogP contribution in [0.5, 0.6) is 0 Å². The molecular formula is C19H21N3OS. The molecule has 0 unspecified atom stereocenters. The summed E-state index contributed by atoms with van der Waals surface area (Å²) >= 11 is 1.69. The molecular weight excluding hydrogens is 318 g/mol. The summed E-state index contributed by atoms with van der Waals surface area (Å²) < 4.78 is 1.19. The molecule has 4 nitrogen and oxygen atoms in total. The number of rotatable bonds is 6. The average molecular weight is 339 g/mol. The third-order valence-electron chi connectivity index (χ3n) is 3.83. The fourth-order valence-electron chi connectivity index (χ4n) is 2.70. The summed E-state index contributed by atoms with van der Waals surface area (Å²) in [5, 5.41) is 1.04. The van der Waals surface area contributed by atoms with Crippen molar-refractivity contribution < 1.29 is 4.79 Å². The van der Waals surface area contributed by atoms with Gasteiger partial charge in [0.25, 0.3) is 0 Å². The van der Waals surface area contributed by atoms with Gasteiger partial charge in [0.1, 0.15) is 5.01 Å². The summed E-state index contributed by atoms with van der Waals surface area (Å²) in [6, 6.07) is 17.9. The van der Waals surface area contributed by atoms with E-state index in [2.05, 4.69) is 11.1 Å². The zero-order chi connectivity index (χ0) is 16.9. The summed E-state index contributed by atoms with van der Waals surface area (Å²) in [5.74, 6) is 0.104. The summed E-state index contributed by atoms with van der Waals surface area (Å²) in [4.78, 5) is 21.1. The van der Waals surface area contributed by atoms with Crippen LogP contribution in [0.4, 0.5) is 5.69 Å². The third-order valence-corrected chi connectivity index (χ3v) is 4.85. The van der Waals surface area contributed by atoms with E-state index in [1.165, 1.54) is 4.70 Å². The highest BCUT2D eigenvalue weighted by Gasteiger charge is 2.16. The third kappa shape index (κ3) is 3.80. The quantitative estimate of drug-likeness (QED) is 0.686. The summed E-state index contributed by atoms with van der Waals surface area (Å²) in [5.41, 5.74) is 1.97. The molecule has 0 aliphatic heterocycles. The molecule has 2 aromatic carbocycles. The van der Waals surface area contributed by atoms with Crippen LogP contribution in [0.1, 0.15) is 11.9 Å². The monoisotopic (exact) mass is 339 g/mol. The van der Waals surface area contributed by atoms with E-state index in [1.54, 1.807) is 11.3 Å². The summed E-state index contributed by atoms with van der Waals surface area (Å²) in [6.45, 7) is 3.71. The van der Waals surface area contributed by atoms with E-state index < -0.39 is 0 Å². The highest BCUT2D eigenvalue weighted by molar-refractivity contribution is 7.18. The van der Waals surface area contributed by atoms with Gasteiger partial charge in [-0.3, -0.25) is 9.69 Å². The van der Waals surface area contributed by atoms with E-state index in [0.29, 0.717) is 19.6 Å². The molecule has 124 valence electrons. The lowest BCUT2D eigenvalue weighted by Gasteiger charge is -2.24. The molecule has 0 spiro atoms. The van der Waals surface area contributed by atoms with Crippen molar-refractivity contribution in [2.24, 2.45) is 0 Å². The second kappa shape index (κ2) is 7.55. The van der Waals surface area contributed by atoms with Gasteiger partial charge in [0, 0.05) is 12.2 Å². The first-order valence-electron chi connectivity index (χ1n) is 8.05. The highest BCUT2D eigenvalue weighted by atomic mass is 32.1. The van der Waals surface area contributed by atoms with Gasteiger partial charge in [0.15, 0.2) is 0 Å². The van der Waals surface area contributed by atoms with Crippen molar-refractivity contribution in [3.8, 4) is 0 Å². The molecule has 1 amide bonds. The van der Waals surface area contributed by atoms with Crippen molar-refractivity contribution in [1.29, 1.82) is 0 Å². The Labute approximate surface area is 146 Å². The van der Waals surface area contributed by atoms with E-state index in [4.69, 9.17) is 0 Å². The number of para-hydroxylation sites is 2. The highest BCUT2D eigenvalue weighted by Crippen LogP contribution is 2.22. The minimum Gasteiger partial charge on any atom is -0.312 e. The number of hydrogen-bond acceptors (Lipinski definition) is 4. The number of thiazole rings is 1. The largest absolute Gasteiger partial charge is 0.312 e. The first kappa shape index (κ1) is 16.6. The first-order chi connectivity index (χ1) is 11.7. The van der Waals surface area contributed by atoms with E-state index >= 15 is 0 Å². The molecule has 0 saturated heterocycles. The standard InChI is InChI=1S/C19H21N3OS/c1-3-22(15-9-5-4-6-10-15)19(23)14-21(2)13-18-20-16-11-7-8-12-17(16)24-18/h4-12H,3,13-14H2,1-2H3. The molecule has 0 fully saturated rings. The van der Waals surface area contributed by atoms with Gasteiger partial charge in [0.2, 0.25) is 5.91 Å². The molecule has 3 rings (SSSR count). The van der Waals surface area contributed by atoms with Gasteiger partial charge in [-0.25, -0.2) is 4.98 Å². The maximum atomic E-state index is 12.6. The van der Waals surface area contributed by atoms with Crippen LogP contribution >= 0.6 is 11.3 Å². The molecule has 0 aliphatic rings. The minimum atomic E-state index is 0.104. The zero-order valence-electron chi connectivity index (χ0n) is 14.0. The molecule has 0 N–H and O–H groups in total. The van der Waals surface area contributed by atoms with Crippen LogP contribution in [0.2, 0.25) is 0 Å². The Bertz CT molecular complexity index is 783. The van der Waals surface area contributed by atoms with Crippen molar-refractivity contribution >= 4 is 33.1 Å². The minimum absolute atomic E-state index is 0.104. The number of amides is 1. The number of anilines is 1. The van der Waals surface area contributed by atoms with Crippen LogP contribution < -0.4 is 4.90 Å². The second-order valence-electron chi connectivity index (χ2n) is 5.72. The Morgan fingerprint density at radius 2 is 1.79 bits per heavy atom. The van der Waals surface area contributed by atoms with Crippen molar-refractivity contribution in [2.75, 3.05) is 25.0 Å². The topological polar surface area (TPSA) is 36.4 Å². The van der Waals surface area contributed by atoms with Gasteiger partial charge in [-0.1, -0.05) is 30.3 Å². The number of likely N-dealkylation sites (N-methyl/N-ethyl adjacent to an activating group) is 2. The summed E-state index contributed by atoms with van der Waals surface area (Å²) in [6.07, 6.45) is 0. The van der Waals surface area contributed by atoms with Crippen molar-refractivity contribution in [2.45, 2.75) is 13.5 Å². The van der Waals surface area contributed by atoms with Gasteiger partial charge in [0.05, 0.1) is 23.3 Å². The van der Waals surface area contributed by atoms with Crippen LogP contribution in [-0.4, -0.2) is 35.9 Å². The number of carbonyl (C=O) groups excluding carboxylic acids is 1. The second-order valence-corrected chi connectivity index (χ2v) is 6.84. The molecule has 0 saturated carbocycles. The van der Waals surface area contributed by atoms with Crippen LogP contribution in [0.3, 0.4) is 0 Å². The Morgan fingerprint density at radius 1 is 1.08 bits per heavy atom. The predicted octanol–water partition coefficient (Wildman–Crippen LogP) is 3.78. The Hall–Kier alpha value is -2.24. The van der Waals surface area contributed by atoms with E-state index in [9.17, 15) is 4.79 Å². The normalized spacial score (nSPS) is 11.1. The maximum Gasteiger partial charge on any atom is 0.241 e. The van der Waals surface area contributed by atoms with Crippen LogP contribution in [0, 0.1) is 0 Å². The Morgan fingerprint density at radius 3 is 2.50 bits per heavy atom. The predicted molar refractivity (Wildman–Crippen MR) is 100 cm³/mol. The molecule has 1 aromatic heterocycles. The molecule has 0 radical (unpaired) electrons. The van der Waals surface area contributed by atoms with Crippen LogP contribution in [-0.2, 0) is 11.3 Å². The molecule has 0 bridgehead atoms. The van der Waals surface area contributed by atoms with Gasteiger partial charge in [-0.05, 0) is 38.2 Å². The lowest BCUT2D eigenvalue weighted by molar-refractivity contribution is -0.119. The van der Waals surface area contributed by atoms with Crippen LogP contribution in [0.15, 0.2) is 54.6 Å². The first-order valence-corrected chi connectivity index (χ1v) is 8.87. The van der Waals surface area contributed by atoms with E-state index in [0.717, 1.165) is 16.2 Å². The Balaban J connectivity index is 1.65. The van der Waals surface area contributed by atoms with E-state index in [-0.39, 0.29) is 5.91 Å². The number of nitrogens with zero attached hydrogens (tertiary/aromatic N) is 3. The lowest BCUT2D eigenvalue weighted by Crippen LogP contribution is -2.38. The number of benzene rings is 2. The summed E-state index contributed by atoms with van der Waals surface area (Å²) in [7, 11) is 1.96. The van der Waals surface area contributed by atoms with Crippen molar-refractivity contribution in [3.63, 3.8) is 0 Å². The number of carbonyl (C=O) groups is 1. The van der Waals surface area contributed by atoms with Crippen molar-refractivity contribution in [1.82, 2.24) is 9.88 Å². The molecule has 24 heavy (non-hydrogen) atoms. The number of fused-ring (bicyclic) bond motifs is 1. The average Bonchev–Trinajstić information content (AvgIpc) is 2.98. The molecule has 5 heteroatoms. The van der Waals surface area contributed by atoms with E-state index in [1.807, 2.05) is 72.3 Å². The number of hydrogen-bond donors (Lipinski definition) is 0. The molecule has 1 heterocycles. The molecule has 0 atom stereocenters. The zero-order valence-corrected chi connectivity index (χ0v) is 14.8.